The molecule has 0 aromatic heterocycles. The van der Waals surface area contributed by atoms with Crippen molar-refractivity contribution in [1.82, 2.24) is 10.2 Å². The molecule has 0 aromatic carbocycles. The summed E-state index contributed by atoms with van der Waals surface area (Å²) in [4.78, 5) is 27.6. The number of ether oxygens (including phenoxy) is 2. The van der Waals surface area contributed by atoms with Crippen LogP contribution in [-0.4, -0.2) is 62.3 Å². The van der Waals surface area contributed by atoms with Crippen molar-refractivity contribution in [2.24, 2.45) is 0 Å². The van der Waals surface area contributed by atoms with Crippen LogP contribution in [0.5, 0.6) is 0 Å². The molecule has 0 aliphatic heterocycles. The molecule has 0 atom stereocenters. The average molecular weight is 807 g/mol. The highest BCUT2D eigenvalue weighted by Crippen LogP contribution is 2.20. The molecule has 0 heterocycles. The lowest BCUT2D eigenvalue weighted by atomic mass is 9.99. The quantitative estimate of drug-likeness (QED) is 0.0488. The van der Waals surface area contributed by atoms with Crippen LogP contribution in [0, 0.1) is 0 Å². The van der Waals surface area contributed by atoms with E-state index in [0.29, 0.717) is 18.9 Å². The average Bonchev–Trinajstić information content (AvgIpc) is 3.19. The first-order chi connectivity index (χ1) is 27.9. The molecule has 57 heavy (non-hydrogen) atoms. The highest BCUT2D eigenvalue weighted by Gasteiger charge is 2.16. The fourth-order valence-corrected chi connectivity index (χ4v) is 8.15. The molecular weight excluding hydrogens is 705 g/mol. The number of nitrogens with zero attached hydrogens (tertiary/aromatic N) is 1. The van der Waals surface area contributed by atoms with Gasteiger partial charge in [0.2, 0.25) is 0 Å². The second-order valence-corrected chi connectivity index (χ2v) is 18.1. The largest absolute Gasteiger partial charge is 0.462 e. The molecule has 0 saturated carbocycles. The fraction of sp³-hybridized carbons (Fsp3) is 0.961. The van der Waals surface area contributed by atoms with Crippen molar-refractivity contribution >= 4 is 11.9 Å². The van der Waals surface area contributed by atoms with E-state index in [1.54, 1.807) is 0 Å². The molecule has 0 amide bonds. The van der Waals surface area contributed by atoms with E-state index in [2.05, 4.69) is 52.0 Å². The summed E-state index contributed by atoms with van der Waals surface area (Å²) in [5.41, 5.74) is 0. The van der Waals surface area contributed by atoms with E-state index in [4.69, 9.17) is 9.47 Å². The van der Waals surface area contributed by atoms with E-state index in [1.165, 1.54) is 186 Å². The highest BCUT2D eigenvalue weighted by atomic mass is 16.5. The van der Waals surface area contributed by atoms with Gasteiger partial charge in [-0.2, -0.15) is 0 Å². The summed E-state index contributed by atoms with van der Waals surface area (Å²) in [6.45, 7) is 11.3. The molecule has 0 aliphatic rings. The number of hydrogen-bond acceptors (Lipinski definition) is 6. The van der Waals surface area contributed by atoms with E-state index in [1.807, 2.05) is 0 Å². The van der Waals surface area contributed by atoms with Crippen LogP contribution in [0.25, 0.3) is 0 Å². The zero-order chi connectivity index (χ0) is 41.9. The maximum atomic E-state index is 12.7. The van der Waals surface area contributed by atoms with Gasteiger partial charge in [-0.1, -0.05) is 169 Å². The summed E-state index contributed by atoms with van der Waals surface area (Å²) in [5, 5.41) is 3.93. The van der Waals surface area contributed by atoms with E-state index >= 15 is 0 Å². The van der Waals surface area contributed by atoms with Gasteiger partial charge in [0.1, 0.15) is 12.2 Å². The Bertz CT molecular complexity index is 754. The van der Waals surface area contributed by atoms with Gasteiger partial charge in [-0.15, -0.1) is 0 Å². The molecule has 0 radical (unpaired) electrons. The molecule has 6 nitrogen and oxygen atoms in total. The van der Waals surface area contributed by atoms with E-state index in [0.717, 1.165) is 57.9 Å². The Hall–Kier alpha value is -1.14. The zero-order valence-corrected chi connectivity index (χ0v) is 39.6. The summed E-state index contributed by atoms with van der Waals surface area (Å²) in [5.74, 6) is 0.0750. The van der Waals surface area contributed by atoms with Gasteiger partial charge in [0.25, 0.3) is 0 Å². The minimum Gasteiger partial charge on any atom is -0.462 e. The summed E-state index contributed by atoms with van der Waals surface area (Å²) in [6.07, 6.45) is 45.0. The van der Waals surface area contributed by atoms with Gasteiger partial charge in [0.05, 0.1) is 0 Å². The molecule has 0 saturated heterocycles. The van der Waals surface area contributed by atoms with Crippen molar-refractivity contribution < 1.29 is 19.1 Å². The van der Waals surface area contributed by atoms with Gasteiger partial charge < -0.3 is 19.7 Å². The molecule has 0 bridgehead atoms. The molecule has 0 aliphatic carbocycles. The maximum absolute atomic E-state index is 12.7. The minimum atomic E-state index is 0.0375. The van der Waals surface area contributed by atoms with Crippen LogP contribution in [-0.2, 0) is 19.1 Å². The van der Waals surface area contributed by atoms with Crippen LogP contribution in [0.3, 0.4) is 0 Å². The van der Waals surface area contributed by atoms with Crippen LogP contribution >= 0.6 is 0 Å². The van der Waals surface area contributed by atoms with Crippen LogP contribution in [0.15, 0.2) is 0 Å². The van der Waals surface area contributed by atoms with Gasteiger partial charge in [-0.3, -0.25) is 9.59 Å². The molecule has 0 fully saturated rings. The van der Waals surface area contributed by atoms with Crippen LogP contribution in [0.1, 0.15) is 272 Å². The van der Waals surface area contributed by atoms with Crippen molar-refractivity contribution in [3.63, 3.8) is 0 Å². The molecule has 0 unspecified atom stereocenters. The zero-order valence-electron chi connectivity index (χ0n) is 39.6. The molecule has 6 heteroatoms. The summed E-state index contributed by atoms with van der Waals surface area (Å²) in [6, 6.07) is 0.627. The number of esters is 2. The third-order valence-electron chi connectivity index (χ3n) is 11.9. The van der Waals surface area contributed by atoms with Crippen molar-refractivity contribution in [1.29, 1.82) is 0 Å². The van der Waals surface area contributed by atoms with E-state index < -0.39 is 0 Å². The molecule has 1 N–H and O–H groups in total. The Morgan fingerprint density at radius 3 is 1.07 bits per heavy atom. The first-order valence-corrected chi connectivity index (χ1v) is 25.6. The Balaban J connectivity index is 4.34. The second kappa shape index (κ2) is 44.4. The Labute approximate surface area is 357 Å². The first-order valence-electron chi connectivity index (χ1n) is 25.6. The number of carbonyl (C=O) groups excluding carboxylic acids is 2. The van der Waals surface area contributed by atoms with Gasteiger partial charge in [0, 0.05) is 18.9 Å². The second-order valence-electron chi connectivity index (χ2n) is 18.1. The van der Waals surface area contributed by atoms with Crippen LogP contribution in [0.2, 0.25) is 0 Å². The van der Waals surface area contributed by atoms with Crippen LogP contribution in [0.4, 0.5) is 0 Å². The van der Waals surface area contributed by atoms with Crippen molar-refractivity contribution in [3.8, 4) is 0 Å². The summed E-state index contributed by atoms with van der Waals surface area (Å²) >= 11 is 0. The maximum Gasteiger partial charge on any atom is 0.306 e. The summed E-state index contributed by atoms with van der Waals surface area (Å²) in [7, 11) is 4.33. The minimum absolute atomic E-state index is 0.0375. The molecule has 0 rings (SSSR count). The first kappa shape index (κ1) is 55.9. The van der Waals surface area contributed by atoms with E-state index in [-0.39, 0.29) is 24.1 Å². The predicted molar refractivity (Wildman–Crippen MR) is 248 cm³/mol. The number of nitrogens with one attached hydrogen (secondary N) is 1. The van der Waals surface area contributed by atoms with E-state index in [9.17, 15) is 9.59 Å². The van der Waals surface area contributed by atoms with Gasteiger partial charge >= 0.3 is 11.9 Å². The Kier molecular flexibility index (Phi) is 43.5. The monoisotopic (exact) mass is 807 g/mol. The molecule has 0 spiro atoms. The van der Waals surface area contributed by atoms with Gasteiger partial charge in [-0.25, -0.2) is 0 Å². The SMILES string of the molecule is CCCCCCC(CCCCCC)OC(=O)CCCCCCCCC(CCCCCCCCC(=O)OC(CCCCCC)CCCCCC)NCCCCN(C)C. The van der Waals surface area contributed by atoms with Gasteiger partial charge in [0.15, 0.2) is 0 Å². The summed E-state index contributed by atoms with van der Waals surface area (Å²) < 4.78 is 12.0. The van der Waals surface area contributed by atoms with Crippen LogP contribution < -0.4 is 5.32 Å². The standard InChI is InChI=1S/C51H102N2O4/c1-7-11-15-29-39-48(40-30-16-12-8-2)56-50(54)43-33-25-21-19-23-27-37-47(52-45-35-36-46-53(5)6)38-28-24-20-22-26-34-44-51(55)57-49(41-31-17-13-9-3)42-32-18-14-10-4/h47-49,52H,7-46H2,1-6H3. The third kappa shape index (κ3) is 41.4. The normalized spacial score (nSPS) is 11.8. The van der Waals surface area contributed by atoms with Crippen molar-refractivity contribution in [3.05, 3.63) is 0 Å². The number of rotatable bonds is 46. The predicted octanol–water partition coefficient (Wildman–Crippen LogP) is 15.2. The van der Waals surface area contributed by atoms with Gasteiger partial charge in [-0.05, 0) is 117 Å². The Morgan fingerprint density at radius 2 is 0.719 bits per heavy atom. The lowest BCUT2D eigenvalue weighted by Gasteiger charge is -2.19. The Morgan fingerprint density at radius 1 is 0.404 bits per heavy atom. The number of hydrogen-bond donors (Lipinski definition) is 1. The molecule has 340 valence electrons. The fourth-order valence-electron chi connectivity index (χ4n) is 8.15. The lowest BCUT2D eigenvalue weighted by Crippen LogP contribution is -2.30. The number of carbonyl (C=O) groups is 2. The third-order valence-corrected chi connectivity index (χ3v) is 11.9. The molecule has 0 aromatic rings. The van der Waals surface area contributed by atoms with Crippen molar-refractivity contribution in [2.45, 2.75) is 290 Å². The topological polar surface area (TPSA) is 67.9 Å². The highest BCUT2D eigenvalue weighted by molar-refractivity contribution is 5.69. The molecular formula is C51H102N2O4. The van der Waals surface area contributed by atoms with Crippen molar-refractivity contribution in [2.75, 3.05) is 27.2 Å². The smallest absolute Gasteiger partial charge is 0.306 e. The number of unbranched alkanes of at least 4 members (excludes halogenated alkanes) is 23. The lowest BCUT2D eigenvalue weighted by molar-refractivity contribution is -0.151.